The molecule has 132 valence electrons. The predicted octanol–water partition coefficient (Wildman–Crippen LogP) is 1.90. The lowest BCUT2D eigenvalue weighted by molar-refractivity contribution is -0.142. The first-order valence-electron chi connectivity index (χ1n) is 8.14. The lowest BCUT2D eigenvalue weighted by Gasteiger charge is -2.33. The predicted molar refractivity (Wildman–Crippen MR) is 93.0 cm³/mol. The second kappa shape index (κ2) is 7.51. The summed E-state index contributed by atoms with van der Waals surface area (Å²) >= 11 is 3.30. The lowest BCUT2D eigenvalue weighted by atomic mass is 10.1. The third-order valence-electron chi connectivity index (χ3n) is 4.46. The number of rotatable bonds is 4. The van der Waals surface area contributed by atoms with Gasteiger partial charge in [0.1, 0.15) is 6.10 Å². The number of hydrogen-bond donors (Lipinski definition) is 1. The van der Waals surface area contributed by atoms with E-state index >= 15 is 0 Å². The molecule has 2 aliphatic rings. The zero-order valence-corrected chi connectivity index (χ0v) is 15.7. The van der Waals surface area contributed by atoms with Crippen LogP contribution in [0, 0.1) is 0 Å². The lowest BCUT2D eigenvalue weighted by Crippen LogP contribution is -2.49. The SMILES string of the molecule is O=C(C1CCCO1)N1CCC(NS(=O)(=O)c2ccc(Br)cc2)CC1. The number of nitrogens with zero attached hydrogens (tertiary/aromatic N) is 1. The highest BCUT2D eigenvalue weighted by atomic mass is 79.9. The average Bonchev–Trinajstić information content (AvgIpc) is 3.09. The molecule has 1 atom stereocenters. The maximum Gasteiger partial charge on any atom is 0.251 e. The average molecular weight is 417 g/mol. The molecule has 2 aliphatic heterocycles. The van der Waals surface area contributed by atoms with Gasteiger partial charge in [-0.25, -0.2) is 13.1 Å². The van der Waals surface area contributed by atoms with Crippen LogP contribution < -0.4 is 4.72 Å². The number of carbonyl (C=O) groups is 1. The first-order valence-corrected chi connectivity index (χ1v) is 10.4. The van der Waals surface area contributed by atoms with Crippen molar-refractivity contribution >= 4 is 31.9 Å². The molecule has 6 nitrogen and oxygen atoms in total. The third-order valence-corrected chi connectivity index (χ3v) is 6.52. The fraction of sp³-hybridized carbons (Fsp3) is 0.562. The summed E-state index contributed by atoms with van der Waals surface area (Å²) < 4.78 is 33.8. The minimum absolute atomic E-state index is 0.0433. The fourth-order valence-corrected chi connectivity index (χ4v) is 4.66. The second-order valence-corrected chi connectivity index (χ2v) is 8.81. The van der Waals surface area contributed by atoms with Crippen LogP contribution in [0.25, 0.3) is 0 Å². The molecule has 3 rings (SSSR count). The van der Waals surface area contributed by atoms with Gasteiger partial charge in [-0.3, -0.25) is 4.79 Å². The van der Waals surface area contributed by atoms with Crippen LogP contribution in [0.2, 0.25) is 0 Å². The Morgan fingerprint density at radius 2 is 1.83 bits per heavy atom. The third kappa shape index (κ3) is 4.17. The van der Waals surface area contributed by atoms with Crippen LogP contribution in [-0.4, -0.2) is 51.1 Å². The first-order chi connectivity index (χ1) is 11.5. The van der Waals surface area contributed by atoms with E-state index in [2.05, 4.69) is 20.7 Å². The number of piperidine rings is 1. The highest BCUT2D eigenvalue weighted by Crippen LogP contribution is 2.20. The summed E-state index contributed by atoms with van der Waals surface area (Å²) in [7, 11) is -3.53. The van der Waals surface area contributed by atoms with Gasteiger partial charge in [0.15, 0.2) is 0 Å². The quantitative estimate of drug-likeness (QED) is 0.812. The molecule has 0 aromatic heterocycles. The van der Waals surface area contributed by atoms with E-state index in [0.717, 1.165) is 17.3 Å². The molecule has 0 saturated carbocycles. The van der Waals surface area contributed by atoms with Crippen molar-refractivity contribution in [2.75, 3.05) is 19.7 Å². The molecule has 2 fully saturated rings. The molecule has 2 heterocycles. The largest absolute Gasteiger partial charge is 0.368 e. The van der Waals surface area contributed by atoms with E-state index in [1.165, 1.54) is 0 Å². The Hall–Kier alpha value is -0.960. The molecule has 0 radical (unpaired) electrons. The minimum Gasteiger partial charge on any atom is -0.368 e. The maximum absolute atomic E-state index is 12.4. The van der Waals surface area contributed by atoms with Crippen molar-refractivity contribution in [3.8, 4) is 0 Å². The van der Waals surface area contributed by atoms with Crippen molar-refractivity contribution in [1.82, 2.24) is 9.62 Å². The number of amides is 1. The summed E-state index contributed by atoms with van der Waals surface area (Å²) in [5.41, 5.74) is 0. The Bertz CT molecular complexity index is 679. The Labute approximate surface area is 150 Å². The minimum atomic E-state index is -3.53. The molecule has 2 saturated heterocycles. The number of halogens is 1. The van der Waals surface area contributed by atoms with Crippen LogP contribution >= 0.6 is 15.9 Å². The van der Waals surface area contributed by atoms with Gasteiger partial charge in [-0.05, 0) is 49.9 Å². The van der Waals surface area contributed by atoms with Gasteiger partial charge in [-0.2, -0.15) is 0 Å². The molecule has 1 aromatic rings. The molecule has 1 amide bonds. The number of likely N-dealkylation sites (tertiary alicyclic amines) is 1. The van der Waals surface area contributed by atoms with Gasteiger partial charge in [-0.15, -0.1) is 0 Å². The summed E-state index contributed by atoms with van der Waals surface area (Å²) in [6.45, 7) is 1.78. The van der Waals surface area contributed by atoms with Gasteiger partial charge < -0.3 is 9.64 Å². The number of hydrogen-bond acceptors (Lipinski definition) is 4. The van der Waals surface area contributed by atoms with Crippen LogP contribution in [0.15, 0.2) is 33.6 Å². The molecule has 8 heteroatoms. The number of sulfonamides is 1. The highest BCUT2D eigenvalue weighted by molar-refractivity contribution is 9.10. The summed E-state index contributed by atoms with van der Waals surface area (Å²) in [5.74, 6) is 0.0433. The Kier molecular flexibility index (Phi) is 5.59. The topological polar surface area (TPSA) is 75.7 Å². The Morgan fingerprint density at radius 1 is 1.17 bits per heavy atom. The van der Waals surface area contributed by atoms with Gasteiger partial charge in [0.05, 0.1) is 4.90 Å². The van der Waals surface area contributed by atoms with Gasteiger partial charge in [-0.1, -0.05) is 15.9 Å². The van der Waals surface area contributed by atoms with Crippen LogP contribution in [-0.2, 0) is 19.6 Å². The van der Waals surface area contributed by atoms with E-state index in [4.69, 9.17) is 4.74 Å². The van der Waals surface area contributed by atoms with E-state index in [0.29, 0.717) is 32.5 Å². The Morgan fingerprint density at radius 3 is 2.42 bits per heavy atom. The summed E-state index contributed by atoms with van der Waals surface area (Å²) in [5, 5.41) is 0. The van der Waals surface area contributed by atoms with Gasteiger partial charge >= 0.3 is 0 Å². The fourth-order valence-electron chi connectivity index (χ4n) is 3.09. The van der Waals surface area contributed by atoms with Crippen LogP contribution in [0.3, 0.4) is 0 Å². The molecule has 24 heavy (non-hydrogen) atoms. The molecular formula is C16H21BrN2O4S. The molecule has 0 spiro atoms. The molecule has 0 aliphatic carbocycles. The van der Waals surface area contributed by atoms with E-state index in [-0.39, 0.29) is 22.9 Å². The normalized spacial score (nSPS) is 22.7. The molecule has 0 bridgehead atoms. The van der Waals surface area contributed by atoms with Crippen molar-refractivity contribution in [1.29, 1.82) is 0 Å². The van der Waals surface area contributed by atoms with Crippen molar-refractivity contribution in [3.05, 3.63) is 28.7 Å². The smallest absolute Gasteiger partial charge is 0.251 e. The van der Waals surface area contributed by atoms with Crippen LogP contribution in [0.1, 0.15) is 25.7 Å². The van der Waals surface area contributed by atoms with E-state index < -0.39 is 10.0 Å². The van der Waals surface area contributed by atoms with Crippen molar-refractivity contribution in [3.63, 3.8) is 0 Å². The number of ether oxygens (including phenoxy) is 1. The van der Waals surface area contributed by atoms with Gasteiger partial charge in [0.2, 0.25) is 10.0 Å². The maximum atomic E-state index is 12.4. The van der Waals surface area contributed by atoms with E-state index in [1.807, 2.05) is 0 Å². The number of nitrogens with one attached hydrogen (secondary N) is 1. The monoisotopic (exact) mass is 416 g/mol. The van der Waals surface area contributed by atoms with Crippen LogP contribution in [0.4, 0.5) is 0 Å². The van der Waals surface area contributed by atoms with E-state index in [1.54, 1.807) is 29.2 Å². The zero-order valence-electron chi connectivity index (χ0n) is 13.3. The van der Waals surface area contributed by atoms with Gasteiger partial charge in [0.25, 0.3) is 5.91 Å². The summed E-state index contributed by atoms with van der Waals surface area (Å²) in [4.78, 5) is 14.3. The highest BCUT2D eigenvalue weighted by Gasteiger charge is 2.32. The summed E-state index contributed by atoms with van der Waals surface area (Å²) in [6.07, 6.45) is 2.65. The van der Waals surface area contributed by atoms with Crippen molar-refractivity contribution in [2.45, 2.75) is 42.7 Å². The summed E-state index contributed by atoms with van der Waals surface area (Å²) in [6, 6.07) is 6.41. The Balaban J connectivity index is 1.55. The van der Waals surface area contributed by atoms with Crippen molar-refractivity contribution < 1.29 is 17.9 Å². The van der Waals surface area contributed by atoms with Crippen molar-refractivity contribution in [2.24, 2.45) is 0 Å². The second-order valence-electron chi connectivity index (χ2n) is 6.18. The van der Waals surface area contributed by atoms with Crippen LogP contribution in [0.5, 0.6) is 0 Å². The first kappa shape index (κ1) is 17.8. The van der Waals surface area contributed by atoms with Gasteiger partial charge in [0, 0.05) is 30.2 Å². The molecule has 1 unspecified atom stereocenters. The molecular weight excluding hydrogens is 396 g/mol. The number of benzene rings is 1. The molecule has 1 N–H and O–H groups in total. The standard InChI is InChI=1S/C16H21BrN2O4S/c17-12-3-5-14(6-4-12)24(21,22)18-13-7-9-19(10-8-13)16(20)15-2-1-11-23-15/h3-6,13,15,18H,1-2,7-11H2. The zero-order chi connectivity index (χ0) is 17.2. The number of carbonyl (C=O) groups excluding carboxylic acids is 1. The van der Waals surface area contributed by atoms with E-state index in [9.17, 15) is 13.2 Å². The molecule has 1 aromatic carbocycles.